The van der Waals surface area contributed by atoms with Crippen molar-refractivity contribution < 1.29 is 14.6 Å². The Morgan fingerprint density at radius 3 is 2.32 bits per heavy atom. The van der Waals surface area contributed by atoms with E-state index in [-0.39, 0.29) is 22.9 Å². The second-order valence-electron chi connectivity index (χ2n) is 9.03. The predicted molar refractivity (Wildman–Crippen MR) is 115 cm³/mol. The number of aliphatic hydroxyl groups excluding tert-OH is 1. The van der Waals surface area contributed by atoms with Crippen molar-refractivity contribution in [2.45, 2.75) is 58.0 Å². The van der Waals surface area contributed by atoms with E-state index in [1.807, 2.05) is 12.1 Å². The zero-order valence-electron chi connectivity index (χ0n) is 17.7. The van der Waals surface area contributed by atoms with Gasteiger partial charge in [0.1, 0.15) is 0 Å². The monoisotopic (exact) mass is 378 g/mol. The standard InChI is InChI=1S/C25H30O3/c1-16-13-21-20(24(2,3)15-22(26)25(21,4)5)14-19(16)12-9-17-7-10-18(11-8-17)23(27)28-6/h7-14,22,26H,15H2,1-6H3/b12-9+. The summed E-state index contributed by atoms with van der Waals surface area (Å²) >= 11 is 0. The van der Waals surface area contributed by atoms with Crippen LogP contribution in [0.25, 0.3) is 12.2 Å². The number of aliphatic hydroxyl groups is 1. The highest BCUT2D eigenvalue weighted by atomic mass is 16.5. The largest absolute Gasteiger partial charge is 0.465 e. The summed E-state index contributed by atoms with van der Waals surface area (Å²) in [5.41, 5.74) is 6.19. The van der Waals surface area contributed by atoms with Crippen molar-refractivity contribution in [2.24, 2.45) is 0 Å². The van der Waals surface area contributed by atoms with E-state index in [1.54, 1.807) is 12.1 Å². The van der Waals surface area contributed by atoms with Gasteiger partial charge in [-0.05, 0) is 58.7 Å². The van der Waals surface area contributed by atoms with Crippen LogP contribution in [0.1, 0.15) is 72.3 Å². The number of fused-ring (bicyclic) bond motifs is 1. The summed E-state index contributed by atoms with van der Waals surface area (Å²) in [6.45, 7) is 10.8. The zero-order chi connectivity index (χ0) is 20.7. The van der Waals surface area contributed by atoms with E-state index in [0.717, 1.165) is 12.0 Å². The molecule has 0 saturated carbocycles. The van der Waals surface area contributed by atoms with Crippen molar-refractivity contribution in [3.8, 4) is 0 Å². The van der Waals surface area contributed by atoms with Crippen molar-refractivity contribution in [2.75, 3.05) is 7.11 Å². The number of carbonyl (C=O) groups is 1. The van der Waals surface area contributed by atoms with Gasteiger partial charge in [0.15, 0.2) is 0 Å². The molecule has 2 aromatic carbocycles. The number of hydrogen-bond donors (Lipinski definition) is 1. The first-order chi connectivity index (χ1) is 13.1. The number of esters is 1. The first-order valence-electron chi connectivity index (χ1n) is 9.76. The SMILES string of the molecule is COC(=O)c1ccc(/C=C/c2cc3c(cc2C)C(C)(C)C(O)CC3(C)C)cc1. The summed E-state index contributed by atoms with van der Waals surface area (Å²) in [4.78, 5) is 11.6. The van der Waals surface area contributed by atoms with Crippen LogP contribution in [0.15, 0.2) is 36.4 Å². The van der Waals surface area contributed by atoms with Gasteiger partial charge in [0.25, 0.3) is 0 Å². The molecule has 1 aliphatic rings. The van der Waals surface area contributed by atoms with Gasteiger partial charge in [-0.1, -0.05) is 64.1 Å². The molecular formula is C25H30O3. The van der Waals surface area contributed by atoms with Gasteiger partial charge in [-0.2, -0.15) is 0 Å². The van der Waals surface area contributed by atoms with Gasteiger partial charge in [0.05, 0.1) is 18.8 Å². The molecule has 148 valence electrons. The number of carbonyl (C=O) groups excluding carboxylic acids is 1. The summed E-state index contributed by atoms with van der Waals surface area (Å²) in [6, 6.07) is 11.9. The van der Waals surface area contributed by atoms with Crippen molar-refractivity contribution in [3.05, 3.63) is 69.8 Å². The van der Waals surface area contributed by atoms with Crippen LogP contribution in [0.4, 0.5) is 0 Å². The van der Waals surface area contributed by atoms with Gasteiger partial charge in [0, 0.05) is 5.41 Å². The Labute approximate surface area is 168 Å². The fraction of sp³-hybridized carbons (Fsp3) is 0.400. The lowest BCUT2D eigenvalue weighted by atomic mass is 9.61. The molecule has 1 aliphatic carbocycles. The normalized spacial score (nSPS) is 20.0. The fourth-order valence-electron chi connectivity index (χ4n) is 4.06. The molecule has 0 aliphatic heterocycles. The predicted octanol–water partition coefficient (Wildman–Crippen LogP) is 5.27. The molecule has 28 heavy (non-hydrogen) atoms. The molecular weight excluding hydrogens is 348 g/mol. The summed E-state index contributed by atoms with van der Waals surface area (Å²) in [5, 5.41) is 10.7. The quantitative estimate of drug-likeness (QED) is 0.584. The van der Waals surface area contributed by atoms with E-state index < -0.39 is 0 Å². The molecule has 0 radical (unpaired) electrons. The third kappa shape index (κ3) is 3.64. The Hall–Kier alpha value is -2.39. The summed E-state index contributed by atoms with van der Waals surface area (Å²) in [6.07, 6.45) is 4.60. The number of methoxy groups -OCH3 is 1. The highest BCUT2D eigenvalue weighted by Crippen LogP contribution is 2.46. The Bertz CT molecular complexity index is 918. The van der Waals surface area contributed by atoms with E-state index in [4.69, 9.17) is 4.74 Å². The van der Waals surface area contributed by atoms with Gasteiger partial charge >= 0.3 is 5.97 Å². The molecule has 0 heterocycles. The molecule has 0 bridgehead atoms. The lowest BCUT2D eigenvalue weighted by Gasteiger charge is -2.45. The Morgan fingerprint density at radius 2 is 1.71 bits per heavy atom. The molecule has 1 atom stereocenters. The third-order valence-corrected chi connectivity index (χ3v) is 6.15. The minimum atomic E-state index is -0.343. The second kappa shape index (κ2) is 7.21. The average molecular weight is 379 g/mol. The lowest BCUT2D eigenvalue weighted by Crippen LogP contribution is -2.45. The van der Waals surface area contributed by atoms with Crippen LogP contribution in [-0.2, 0) is 15.6 Å². The van der Waals surface area contributed by atoms with E-state index in [0.29, 0.717) is 5.56 Å². The van der Waals surface area contributed by atoms with Gasteiger partial charge in [-0.15, -0.1) is 0 Å². The van der Waals surface area contributed by atoms with Crippen LogP contribution < -0.4 is 0 Å². The minimum absolute atomic E-state index is 0.0667. The molecule has 0 spiro atoms. The number of ether oxygens (including phenoxy) is 1. The molecule has 3 nitrogen and oxygen atoms in total. The Kier molecular flexibility index (Phi) is 5.24. The van der Waals surface area contributed by atoms with Crippen LogP contribution in [0.5, 0.6) is 0 Å². The molecule has 1 N–H and O–H groups in total. The summed E-state index contributed by atoms with van der Waals surface area (Å²) in [5.74, 6) is -0.326. The van der Waals surface area contributed by atoms with Crippen LogP contribution in [0, 0.1) is 6.92 Å². The summed E-state index contributed by atoms with van der Waals surface area (Å²) in [7, 11) is 1.39. The average Bonchev–Trinajstić information content (AvgIpc) is 2.65. The van der Waals surface area contributed by atoms with E-state index in [2.05, 4.69) is 58.9 Å². The van der Waals surface area contributed by atoms with Crippen LogP contribution in [0.2, 0.25) is 0 Å². The second-order valence-corrected chi connectivity index (χ2v) is 9.03. The van der Waals surface area contributed by atoms with Gasteiger partial charge < -0.3 is 9.84 Å². The maximum atomic E-state index is 11.6. The number of rotatable bonds is 3. The number of benzene rings is 2. The van der Waals surface area contributed by atoms with Gasteiger partial charge in [0.2, 0.25) is 0 Å². The van der Waals surface area contributed by atoms with Crippen LogP contribution >= 0.6 is 0 Å². The lowest BCUT2D eigenvalue weighted by molar-refractivity contribution is 0.0582. The topological polar surface area (TPSA) is 46.5 Å². The fourth-order valence-corrected chi connectivity index (χ4v) is 4.06. The van der Waals surface area contributed by atoms with E-state index in [9.17, 15) is 9.90 Å². The van der Waals surface area contributed by atoms with Gasteiger partial charge in [-0.25, -0.2) is 4.79 Å². The smallest absolute Gasteiger partial charge is 0.337 e. The van der Waals surface area contributed by atoms with Crippen molar-refractivity contribution in [3.63, 3.8) is 0 Å². The number of aryl methyl sites for hydroxylation is 1. The molecule has 0 saturated heterocycles. The van der Waals surface area contributed by atoms with Crippen molar-refractivity contribution in [1.82, 2.24) is 0 Å². The molecule has 0 aromatic heterocycles. The first-order valence-corrected chi connectivity index (χ1v) is 9.76. The minimum Gasteiger partial charge on any atom is -0.465 e. The van der Waals surface area contributed by atoms with Gasteiger partial charge in [-0.3, -0.25) is 0 Å². The maximum Gasteiger partial charge on any atom is 0.337 e. The Balaban J connectivity index is 1.96. The first kappa shape index (κ1) is 20.3. The van der Waals surface area contributed by atoms with E-state index in [1.165, 1.54) is 29.4 Å². The Morgan fingerprint density at radius 1 is 1.07 bits per heavy atom. The molecule has 1 unspecified atom stereocenters. The van der Waals surface area contributed by atoms with Crippen LogP contribution in [0.3, 0.4) is 0 Å². The third-order valence-electron chi connectivity index (χ3n) is 6.15. The molecule has 2 aromatic rings. The molecule has 0 fully saturated rings. The highest BCUT2D eigenvalue weighted by molar-refractivity contribution is 5.89. The van der Waals surface area contributed by atoms with Crippen molar-refractivity contribution >= 4 is 18.1 Å². The molecule has 3 heteroatoms. The summed E-state index contributed by atoms with van der Waals surface area (Å²) < 4.78 is 4.74. The molecule has 0 amide bonds. The molecule has 3 rings (SSSR count). The zero-order valence-corrected chi connectivity index (χ0v) is 17.7. The van der Waals surface area contributed by atoms with Crippen molar-refractivity contribution in [1.29, 1.82) is 0 Å². The number of hydrogen-bond acceptors (Lipinski definition) is 3. The maximum absolute atomic E-state index is 11.6. The van der Waals surface area contributed by atoms with E-state index >= 15 is 0 Å². The highest BCUT2D eigenvalue weighted by Gasteiger charge is 2.43. The van der Waals surface area contributed by atoms with Crippen LogP contribution in [-0.4, -0.2) is 24.3 Å².